The third-order valence-corrected chi connectivity index (χ3v) is 5.80. The number of hydrogen-bond donors (Lipinski definition) is 0. The lowest BCUT2D eigenvalue weighted by Crippen LogP contribution is -2.53. The van der Waals surface area contributed by atoms with Crippen LogP contribution in [0.1, 0.15) is 24.8 Å². The van der Waals surface area contributed by atoms with Gasteiger partial charge in [0.15, 0.2) is 11.6 Å². The van der Waals surface area contributed by atoms with E-state index in [0.717, 1.165) is 23.6 Å². The van der Waals surface area contributed by atoms with Crippen LogP contribution in [0, 0.1) is 17.5 Å². The molecule has 0 bridgehead atoms. The smallest absolute Gasteiger partial charge is 0.324 e. The van der Waals surface area contributed by atoms with Gasteiger partial charge in [0, 0.05) is 37.3 Å². The second-order valence-corrected chi connectivity index (χ2v) is 7.92. The average molecular weight is 495 g/mol. The maximum atomic E-state index is 15.0. The Morgan fingerprint density at radius 1 is 1.06 bits per heavy atom. The molecule has 2 amide bonds. The number of carbonyl (C=O) groups is 1. The summed E-state index contributed by atoms with van der Waals surface area (Å²) in [7, 11) is 0. The van der Waals surface area contributed by atoms with E-state index in [1.807, 2.05) is 6.92 Å². The molecule has 0 spiro atoms. The molecule has 1 aliphatic rings. The van der Waals surface area contributed by atoms with Crippen LogP contribution in [-0.4, -0.2) is 58.8 Å². The van der Waals surface area contributed by atoms with Gasteiger partial charge in [0.1, 0.15) is 5.82 Å². The molecule has 4 rings (SSSR count). The number of anilines is 1. The molecule has 0 atom stereocenters. The largest absolute Gasteiger partial charge is 0.415 e. The summed E-state index contributed by atoms with van der Waals surface area (Å²) in [5.74, 6) is -4.38. The number of rotatable bonds is 6. The van der Waals surface area contributed by atoms with Gasteiger partial charge in [-0.3, -0.25) is 4.90 Å². The number of alkyl halides is 2. The predicted octanol–water partition coefficient (Wildman–Crippen LogP) is 4.86. The molecule has 1 fully saturated rings. The van der Waals surface area contributed by atoms with E-state index in [1.165, 1.54) is 29.2 Å². The number of aromatic nitrogens is 2. The molecule has 2 heterocycles. The van der Waals surface area contributed by atoms with Gasteiger partial charge in [-0.15, -0.1) is 10.2 Å². The van der Waals surface area contributed by atoms with Gasteiger partial charge in [-0.25, -0.2) is 18.0 Å². The zero-order valence-corrected chi connectivity index (χ0v) is 18.7. The van der Waals surface area contributed by atoms with Crippen molar-refractivity contribution in [2.75, 3.05) is 37.6 Å². The van der Waals surface area contributed by atoms with E-state index >= 15 is 0 Å². The lowest BCUT2D eigenvalue weighted by Gasteiger charge is -2.37. The first kappa shape index (κ1) is 24.6. The molecule has 12 heteroatoms. The molecule has 0 saturated carbocycles. The van der Waals surface area contributed by atoms with Crippen molar-refractivity contribution in [3.05, 3.63) is 65.3 Å². The Morgan fingerprint density at radius 2 is 1.80 bits per heavy atom. The molecular formula is C23H22F5N5O2. The highest BCUT2D eigenvalue weighted by Crippen LogP contribution is 2.28. The fourth-order valence-corrected chi connectivity index (χ4v) is 3.80. The molecule has 0 aliphatic carbocycles. The van der Waals surface area contributed by atoms with Crippen molar-refractivity contribution in [3.63, 3.8) is 0 Å². The van der Waals surface area contributed by atoms with E-state index in [9.17, 15) is 26.7 Å². The summed E-state index contributed by atoms with van der Waals surface area (Å²) in [4.78, 5) is 18.0. The normalized spacial score (nSPS) is 14.5. The maximum absolute atomic E-state index is 15.0. The Labute approximate surface area is 197 Å². The van der Waals surface area contributed by atoms with Crippen molar-refractivity contribution < 1.29 is 31.2 Å². The van der Waals surface area contributed by atoms with Crippen molar-refractivity contribution in [1.82, 2.24) is 20.0 Å². The van der Waals surface area contributed by atoms with E-state index in [-0.39, 0.29) is 22.7 Å². The number of nitrogens with zero attached hydrogens (tertiary/aromatic N) is 5. The number of likely N-dealkylation sites (N-methyl/N-ethyl adjacent to an activating group) is 1. The number of urea groups is 1. The van der Waals surface area contributed by atoms with Crippen molar-refractivity contribution in [3.8, 4) is 11.5 Å². The summed E-state index contributed by atoms with van der Waals surface area (Å²) >= 11 is 0. The van der Waals surface area contributed by atoms with Gasteiger partial charge in [0.25, 0.3) is 5.89 Å². The zero-order chi connectivity index (χ0) is 25.1. The number of carbonyl (C=O) groups excluding carboxylic acids is 1. The molecule has 1 aliphatic heterocycles. The number of benzene rings is 2. The van der Waals surface area contributed by atoms with Gasteiger partial charge in [0.2, 0.25) is 5.89 Å². The Hall–Kier alpha value is -3.54. The SMILES string of the molecule is CCN1CCN(C(=O)N(Cc2ccc(-c3nnc(C(F)F)o3)cc2F)c2cccc(F)c2F)CC1. The summed E-state index contributed by atoms with van der Waals surface area (Å²) in [6.45, 7) is 4.43. The lowest BCUT2D eigenvalue weighted by atomic mass is 10.1. The zero-order valence-electron chi connectivity index (χ0n) is 18.7. The van der Waals surface area contributed by atoms with Crippen molar-refractivity contribution >= 4 is 11.7 Å². The molecule has 0 unspecified atom stereocenters. The highest BCUT2D eigenvalue weighted by molar-refractivity contribution is 5.92. The molecule has 186 valence electrons. The second-order valence-electron chi connectivity index (χ2n) is 7.92. The minimum atomic E-state index is -2.97. The number of amides is 2. The fraction of sp³-hybridized carbons (Fsp3) is 0.348. The standard InChI is InChI=1S/C23H22F5N5O2/c1-2-31-8-10-32(11-9-31)23(34)33(18-5-3-4-16(24)19(18)26)13-15-7-6-14(12-17(15)25)21-29-30-22(35-21)20(27)28/h3-7,12,20H,2,8-11,13H2,1H3. The van der Waals surface area contributed by atoms with Gasteiger partial charge in [0.05, 0.1) is 12.2 Å². The van der Waals surface area contributed by atoms with Crippen LogP contribution in [-0.2, 0) is 6.54 Å². The van der Waals surface area contributed by atoms with E-state index in [0.29, 0.717) is 26.2 Å². The number of piperazine rings is 1. The fourth-order valence-electron chi connectivity index (χ4n) is 3.80. The van der Waals surface area contributed by atoms with Crippen LogP contribution >= 0.6 is 0 Å². The first-order valence-corrected chi connectivity index (χ1v) is 10.9. The van der Waals surface area contributed by atoms with Crippen LogP contribution in [0.5, 0.6) is 0 Å². The summed E-state index contributed by atoms with van der Waals surface area (Å²) in [6.07, 6.45) is -2.97. The summed E-state index contributed by atoms with van der Waals surface area (Å²) in [5, 5.41) is 6.69. The molecule has 1 saturated heterocycles. The van der Waals surface area contributed by atoms with Crippen LogP contribution < -0.4 is 4.90 Å². The Bertz CT molecular complexity index is 1200. The minimum absolute atomic E-state index is 0.00782. The number of halogens is 5. The summed E-state index contributed by atoms with van der Waals surface area (Å²) < 4.78 is 73.9. The molecule has 0 radical (unpaired) electrons. The molecule has 7 nitrogen and oxygen atoms in total. The van der Waals surface area contributed by atoms with Gasteiger partial charge in [-0.1, -0.05) is 19.1 Å². The first-order valence-electron chi connectivity index (χ1n) is 10.9. The third kappa shape index (κ3) is 5.26. The van der Waals surface area contributed by atoms with Crippen molar-refractivity contribution in [2.45, 2.75) is 19.9 Å². The second kappa shape index (κ2) is 10.4. The molecular weight excluding hydrogens is 473 g/mol. The van der Waals surface area contributed by atoms with Crippen LogP contribution in [0.15, 0.2) is 40.8 Å². The van der Waals surface area contributed by atoms with Crippen molar-refractivity contribution in [2.24, 2.45) is 0 Å². The monoisotopic (exact) mass is 495 g/mol. The summed E-state index contributed by atoms with van der Waals surface area (Å²) in [6, 6.07) is 6.48. The molecule has 1 aromatic heterocycles. The third-order valence-electron chi connectivity index (χ3n) is 5.80. The molecule has 0 N–H and O–H groups in total. The van der Waals surface area contributed by atoms with E-state index in [2.05, 4.69) is 15.1 Å². The Balaban J connectivity index is 1.62. The topological polar surface area (TPSA) is 65.7 Å². The first-order chi connectivity index (χ1) is 16.8. The van der Waals surface area contributed by atoms with E-state index in [4.69, 9.17) is 4.42 Å². The average Bonchev–Trinajstić information content (AvgIpc) is 3.36. The van der Waals surface area contributed by atoms with Crippen LogP contribution in [0.4, 0.5) is 32.4 Å². The van der Waals surface area contributed by atoms with Gasteiger partial charge in [-0.05, 0) is 30.8 Å². The molecule has 3 aromatic rings. The van der Waals surface area contributed by atoms with Crippen molar-refractivity contribution in [1.29, 1.82) is 0 Å². The molecule has 2 aromatic carbocycles. The quantitative estimate of drug-likeness (QED) is 0.458. The highest BCUT2D eigenvalue weighted by atomic mass is 19.3. The minimum Gasteiger partial charge on any atom is -0.415 e. The summed E-state index contributed by atoms with van der Waals surface area (Å²) in [5.41, 5.74) is -0.280. The van der Waals surface area contributed by atoms with Gasteiger partial charge < -0.3 is 14.2 Å². The van der Waals surface area contributed by atoms with Gasteiger partial charge >= 0.3 is 12.5 Å². The van der Waals surface area contributed by atoms with Crippen LogP contribution in [0.2, 0.25) is 0 Å². The Morgan fingerprint density at radius 3 is 2.43 bits per heavy atom. The van der Waals surface area contributed by atoms with E-state index in [1.54, 1.807) is 0 Å². The predicted molar refractivity (Wildman–Crippen MR) is 116 cm³/mol. The Kier molecular flexibility index (Phi) is 7.29. The van der Waals surface area contributed by atoms with Crippen LogP contribution in [0.25, 0.3) is 11.5 Å². The number of hydrogen-bond acceptors (Lipinski definition) is 5. The van der Waals surface area contributed by atoms with E-state index < -0.39 is 42.3 Å². The lowest BCUT2D eigenvalue weighted by molar-refractivity contribution is 0.116. The van der Waals surface area contributed by atoms with Gasteiger partial charge in [-0.2, -0.15) is 8.78 Å². The van der Waals surface area contributed by atoms with Crippen LogP contribution in [0.3, 0.4) is 0 Å². The molecule has 35 heavy (non-hydrogen) atoms. The highest BCUT2D eigenvalue weighted by Gasteiger charge is 2.29. The maximum Gasteiger partial charge on any atom is 0.324 e.